The highest BCUT2D eigenvalue weighted by Crippen LogP contribution is 2.36. The molecule has 0 aliphatic carbocycles. The molecule has 0 unspecified atom stereocenters. The Morgan fingerprint density at radius 1 is 1.13 bits per heavy atom. The van der Waals surface area contributed by atoms with Crippen LogP contribution in [0.1, 0.15) is 15.9 Å². The van der Waals surface area contributed by atoms with Crippen LogP contribution in [-0.2, 0) is 10.9 Å². The van der Waals surface area contributed by atoms with Crippen LogP contribution in [0.15, 0.2) is 36.4 Å². The lowest BCUT2D eigenvalue weighted by molar-refractivity contribution is -0.384. The molecule has 1 fully saturated rings. The summed E-state index contributed by atoms with van der Waals surface area (Å²) >= 11 is 0. The van der Waals surface area contributed by atoms with Gasteiger partial charge in [0.15, 0.2) is 0 Å². The maximum atomic E-state index is 13.2. The summed E-state index contributed by atoms with van der Waals surface area (Å²) in [6.45, 7) is 1.71. The number of amides is 1. The summed E-state index contributed by atoms with van der Waals surface area (Å²) in [6.07, 6.45) is -4.59. The molecule has 3 rings (SSSR count). The van der Waals surface area contributed by atoms with Gasteiger partial charge in [-0.25, -0.2) is 0 Å². The molecule has 1 aliphatic rings. The van der Waals surface area contributed by atoms with Crippen molar-refractivity contribution in [3.63, 3.8) is 0 Å². The van der Waals surface area contributed by atoms with Crippen molar-refractivity contribution in [2.45, 2.75) is 6.18 Å². The molecule has 1 heterocycles. The average Bonchev–Trinajstić information content (AvgIpc) is 2.73. The van der Waals surface area contributed by atoms with Crippen molar-refractivity contribution in [2.24, 2.45) is 0 Å². The fraction of sp³-hybridized carbons (Fsp3) is 0.316. The van der Waals surface area contributed by atoms with Gasteiger partial charge in [0.25, 0.3) is 11.6 Å². The minimum atomic E-state index is -4.59. The lowest BCUT2D eigenvalue weighted by Gasteiger charge is -2.31. The number of morpholine rings is 1. The second-order valence-electron chi connectivity index (χ2n) is 6.52. The summed E-state index contributed by atoms with van der Waals surface area (Å²) in [4.78, 5) is 25.1. The molecule has 160 valence electrons. The van der Waals surface area contributed by atoms with Crippen molar-refractivity contribution in [2.75, 3.05) is 48.9 Å². The molecule has 0 bridgehead atoms. The molecule has 1 amide bonds. The monoisotopic (exact) mass is 424 g/mol. The maximum Gasteiger partial charge on any atom is 0.416 e. The Morgan fingerprint density at radius 3 is 2.43 bits per heavy atom. The van der Waals surface area contributed by atoms with Gasteiger partial charge < -0.3 is 20.3 Å². The summed E-state index contributed by atoms with van der Waals surface area (Å²) in [5, 5.41) is 16.3. The molecule has 11 heteroatoms. The molecule has 2 aromatic carbocycles. The molecular formula is C19H19F3N4O4. The van der Waals surface area contributed by atoms with Crippen LogP contribution in [0, 0.1) is 10.1 Å². The van der Waals surface area contributed by atoms with Crippen LogP contribution in [0.3, 0.4) is 0 Å². The number of nitrogens with one attached hydrogen (secondary N) is 2. The number of halogens is 3. The maximum absolute atomic E-state index is 13.2. The number of alkyl halides is 3. The van der Waals surface area contributed by atoms with Crippen molar-refractivity contribution in [1.82, 2.24) is 0 Å². The normalized spacial score (nSPS) is 14.3. The smallest absolute Gasteiger partial charge is 0.387 e. The first-order chi connectivity index (χ1) is 14.2. The number of non-ortho nitro benzene ring substituents is 1. The summed E-state index contributed by atoms with van der Waals surface area (Å²) in [5.74, 6) is -0.767. The zero-order valence-electron chi connectivity index (χ0n) is 16.0. The predicted octanol–water partition coefficient (Wildman–Crippen LogP) is 3.74. The van der Waals surface area contributed by atoms with Crippen LogP contribution in [0.2, 0.25) is 0 Å². The number of anilines is 3. The number of nitro groups is 1. The fourth-order valence-electron chi connectivity index (χ4n) is 3.13. The van der Waals surface area contributed by atoms with E-state index in [-0.39, 0.29) is 16.9 Å². The number of carbonyl (C=O) groups excluding carboxylic acids is 1. The second-order valence-corrected chi connectivity index (χ2v) is 6.52. The number of hydrogen-bond acceptors (Lipinski definition) is 6. The molecule has 1 aliphatic heterocycles. The first-order valence-electron chi connectivity index (χ1n) is 9.02. The third-order valence-electron chi connectivity index (χ3n) is 4.65. The van der Waals surface area contributed by atoms with Crippen LogP contribution in [0.25, 0.3) is 0 Å². The van der Waals surface area contributed by atoms with Crippen molar-refractivity contribution in [1.29, 1.82) is 0 Å². The number of ether oxygens (including phenoxy) is 1. The van der Waals surface area contributed by atoms with Crippen molar-refractivity contribution < 1.29 is 27.6 Å². The van der Waals surface area contributed by atoms with E-state index in [4.69, 9.17) is 4.74 Å². The van der Waals surface area contributed by atoms with Crippen molar-refractivity contribution >= 4 is 28.7 Å². The van der Waals surface area contributed by atoms with Gasteiger partial charge in [0.05, 0.1) is 40.6 Å². The third kappa shape index (κ3) is 4.62. The number of nitro benzene ring substituents is 1. The molecule has 0 atom stereocenters. The Morgan fingerprint density at radius 2 is 1.83 bits per heavy atom. The zero-order chi connectivity index (χ0) is 21.9. The van der Waals surface area contributed by atoms with E-state index in [0.717, 1.165) is 18.2 Å². The van der Waals surface area contributed by atoms with Gasteiger partial charge in [0.2, 0.25) is 0 Å². The minimum absolute atomic E-state index is 0.0368. The summed E-state index contributed by atoms with van der Waals surface area (Å²) in [7, 11) is 1.53. The highest BCUT2D eigenvalue weighted by molar-refractivity contribution is 6.09. The van der Waals surface area contributed by atoms with Crippen LogP contribution in [0.4, 0.5) is 35.9 Å². The van der Waals surface area contributed by atoms with Crippen LogP contribution < -0.4 is 15.5 Å². The van der Waals surface area contributed by atoms with Crippen LogP contribution in [0.5, 0.6) is 0 Å². The van der Waals surface area contributed by atoms with E-state index >= 15 is 0 Å². The lowest BCUT2D eigenvalue weighted by Crippen LogP contribution is -2.36. The van der Waals surface area contributed by atoms with Gasteiger partial charge in [-0.15, -0.1) is 0 Å². The molecule has 0 spiro atoms. The summed E-state index contributed by atoms with van der Waals surface area (Å²) in [5.41, 5.74) is -0.601. The molecule has 30 heavy (non-hydrogen) atoms. The minimum Gasteiger partial charge on any atom is -0.387 e. The lowest BCUT2D eigenvalue weighted by atomic mass is 10.1. The third-order valence-corrected chi connectivity index (χ3v) is 4.65. The molecule has 0 saturated carbocycles. The van der Waals surface area contributed by atoms with Gasteiger partial charge in [-0.3, -0.25) is 14.9 Å². The molecule has 2 aromatic rings. The van der Waals surface area contributed by atoms with Gasteiger partial charge in [0, 0.05) is 38.0 Å². The number of rotatable bonds is 5. The number of nitrogens with zero attached hydrogens (tertiary/aromatic N) is 2. The summed E-state index contributed by atoms with van der Waals surface area (Å²) in [6, 6.07) is 6.78. The molecule has 8 nitrogen and oxygen atoms in total. The SMILES string of the molecule is CNc1ccc([N+](=O)[O-])cc1C(=O)Nc1cc(C(F)(F)F)ccc1N1CCOCC1. The first kappa shape index (κ1) is 21.4. The molecule has 1 saturated heterocycles. The van der Waals surface area contributed by atoms with Gasteiger partial charge in [-0.2, -0.15) is 13.2 Å². The first-order valence-corrected chi connectivity index (χ1v) is 9.02. The Labute approximate surface area is 169 Å². The van der Waals surface area contributed by atoms with Gasteiger partial charge >= 0.3 is 6.18 Å². The van der Waals surface area contributed by atoms with Gasteiger partial charge in [0.1, 0.15) is 0 Å². The summed E-state index contributed by atoms with van der Waals surface area (Å²) < 4.78 is 45.0. The standard InChI is InChI=1S/C19H19F3N4O4/c1-23-15-4-3-13(26(28)29)11-14(15)18(27)24-16-10-12(19(20,21)22)2-5-17(16)25-6-8-30-9-7-25/h2-5,10-11,23H,6-9H2,1H3,(H,24,27). The van der Waals surface area contributed by atoms with Crippen molar-refractivity contribution in [3.8, 4) is 0 Å². The Kier molecular flexibility index (Phi) is 6.11. The van der Waals surface area contributed by atoms with Crippen LogP contribution >= 0.6 is 0 Å². The fourth-order valence-corrected chi connectivity index (χ4v) is 3.13. The van der Waals surface area contributed by atoms with Gasteiger partial charge in [-0.05, 0) is 24.3 Å². The molecule has 0 radical (unpaired) electrons. The Bertz CT molecular complexity index is 959. The zero-order valence-corrected chi connectivity index (χ0v) is 16.0. The number of hydrogen-bond donors (Lipinski definition) is 2. The molecule has 2 N–H and O–H groups in total. The largest absolute Gasteiger partial charge is 0.416 e. The highest BCUT2D eigenvalue weighted by Gasteiger charge is 2.32. The highest BCUT2D eigenvalue weighted by atomic mass is 19.4. The van der Waals surface area contributed by atoms with Crippen molar-refractivity contribution in [3.05, 3.63) is 57.6 Å². The quantitative estimate of drug-likeness (QED) is 0.561. The molecule has 0 aromatic heterocycles. The van der Waals surface area contributed by atoms with Gasteiger partial charge in [-0.1, -0.05) is 0 Å². The van der Waals surface area contributed by atoms with E-state index in [2.05, 4.69) is 10.6 Å². The topological polar surface area (TPSA) is 96.7 Å². The van der Waals surface area contributed by atoms with E-state index in [1.165, 1.54) is 25.2 Å². The number of benzene rings is 2. The van der Waals surface area contributed by atoms with E-state index in [1.807, 2.05) is 4.90 Å². The predicted molar refractivity (Wildman–Crippen MR) is 105 cm³/mol. The van der Waals surface area contributed by atoms with E-state index in [1.54, 1.807) is 0 Å². The van der Waals surface area contributed by atoms with E-state index < -0.39 is 22.6 Å². The Hall–Kier alpha value is -3.34. The second kappa shape index (κ2) is 8.57. The molecular weight excluding hydrogens is 405 g/mol. The van der Waals surface area contributed by atoms with E-state index in [0.29, 0.717) is 37.7 Å². The Balaban J connectivity index is 2.00. The number of carbonyl (C=O) groups is 1. The van der Waals surface area contributed by atoms with Crippen LogP contribution in [-0.4, -0.2) is 44.2 Å². The average molecular weight is 424 g/mol. The van der Waals surface area contributed by atoms with E-state index in [9.17, 15) is 28.1 Å².